The molecule has 2 rings (SSSR count). The summed E-state index contributed by atoms with van der Waals surface area (Å²) >= 11 is 0. The van der Waals surface area contributed by atoms with Crippen molar-refractivity contribution in [1.29, 1.82) is 0 Å². The zero-order chi connectivity index (χ0) is 13.7. The standard InChI is InChI=1S/C13H16N4O2/c1-11-4-5-12(17(18)19)10-13(11)14-6-2-8-16-9-3-7-15-16/h3-5,7,9-10,14H,2,6,8H2,1H3. The molecule has 6 nitrogen and oxygen atoms in total. The maximum Gasteiger partial charge on any atom is 0.271 e. The van der Waals surface area contributed by atoms with E-state index in [0.717, 1.165) is 30.8 Å². The van der Waals surface area contributed by atoms with Crippen LogP contribution in [-0.4, -0.2) is 21.2 Å². The first-order valence-electron chi connectivity index (χ1n) is 6.13. The molecule has 0 unspecified atom stereocenters. The zero-order valence-electron chi connectivity index (χ0n) is 10.7. The second-order valence-electron chi connectivity index (χ2n) is 4.31. The largest absolute Gasteiger partial charge is 0.385 e. The smallest absolute Gasteiger partial charge is 0.271 e. The third-order valence-electron chi connectivity index (χ3n) is 2.87. The Morgan fingerprint density at radius 2 is 2.32 bits per heavy atom. The van der Waals surface area contributed by atoms with Crippen LogP contribution in [0, 0.1) is 17.0 Å². The molecule has 0 atom stereocenters. The van der Waals surface area contributed by atoms with Gasteiger partial charge in [-0.2, -0.15) is 5.10 Å². The fraction of sp³-hybridized carbons (Fsp3) is 0.308. The van der Waals surface area contributed by atoms with E-state index in [1.54, 1.807) is 18.3 Å². The van der Waals surface area contributed by atoms with Gasteiger partial charge < -0.3 is 5.32 Å². The number of benzene rings is 1. The van der Waals surface area contributed by atoms with Crippen molar-refractivity contribution in [3.05, 3.63) is 52.3 Å². The Bertz CT molecular complexity index is 552. The van der Waals surface area contributed by atoms with E-state index in [9.17, 15) is 10.1 Å². The van der Waals surface area contributed by atoms with Crippen molar-refractivity contribution in [2.75, 3.05) is 11.9 Å². The van der Waals surface area contributed by atoms with Crippen LogP contribution in [0.5, 0.6) is 0 Å². The summed E-state index contributed by atoms with van der Waals surface area (Å²) in [6.07, 6.45) is 4.57. The van der Waals surface area contributed by atoms with Crippen LogP contribution in [0.25, 0.3) is 0 Å². The van der Waals surface area contributed by atoms with Crippen LogP contribution in [0.15, 0.2) is 36.7 Å². The van der Waals surface area contributed by atoms with Crippen LogP contribution >= 0.6 is 0 Å². The molecule has 6 heteroatoms. The summed E-state index contributed by atoms with van der Waals surface area (Å²) in [5, 5.41) is 18.1. The number of hydrogen-bond acceptors (Lipinski definition) is 4. The van der Waals surface area contributed by atoms with Crippen LogP contribution in [0.1, 0.15) is 12.0 Å². The van der Waals surface area contributed by atoms with E-state index in [0.29, 0.717) is 0 Å². The molecule has 100 valence electrons. The number of nitro benzene ring substituents is 1. The molecule has 1 aromatic heterocycles. The molecule has 1 aromatic carbocycles. The first-order chi connectivity index (χ1) is 9.16. The lowest BCUT2D eigenvalue weighted by Gasteiger charge is -2.09. The molecule has 1 N–H and O–H groups in total. The van der Waals surface area contributed by atoms with Gasteiger partial charge in [-0.1, -0.05) is 6.07 Å². The molecule has 0 aliphatic heterocycles. The van der Waals surface area contributed by atoms with Crippen LogP contribution in [-0.2, 0) is 6.54 Å². The number of nitro groups is 1. The van der Waals surface area contributed by atoms with E-state index in [4.69, 9.17) is 0 Å². The molecule has 0 amide bonds. The quantitative estimate of drug-likeness (QED) is 0.492. The summed E-state index contributed by atoms with van der Waals surface area (Å²) in [5.74, 6) is 0. The minimum Gasteiger partial charge on any atom is -0.385 e. The van der Waals surface area contributed by atoms with Crippen LogP contribution in [0.3, 0.4) is 0 Å². The molecule has 0 aliphatic rings. The van der Waals surface area contributed by atoms with Gasteiger partial charge in [-0.15, -0.1) is 0 Å². The molecule has 0 saturated carbocycles. The molecule has 1 heterocycles. The Labute approximate surface area is 111 Å². The Morgan fingerprint density at radius 1 is 1.47 bits per heavy atom. The first-order valence-corrected chi connectivity index (χ1v) is 6.13. The second kappa shape index (κ2) is 5.99. The maximum absolute atomic E-state index is 10.7. The average Bonchev–Trinajstić information content (AvgIpc) is 2.89. The molecule has 0 fully saturated rings. The topological polar surface area (TPSA) is 73.0 Å². The van der Waals surface area contributed by atoms with Gasteiger partial charge in [0.1, 0.15) is 0 Å². The summed E-state index contributed by atoms with van der Waals surface area (Å²) in [5.41, 5.74) is 1.93. The summed E-state index contributed by atoms with van der Waals surface area (Å²) < 4.78 is 1.86. The number of aryl methyl sites for hydroxylation is 2. The zero-order valence-corrected chi connectivity index (χ0v) is 10.7. The number of hydrogen-bond donors (Lipinski definition) is 1. The van der Waals surface area contributed by atoms with Crippen molar-refractivity contribution in [2.45, 2.75) is 19.9 Å². The van der Waals surface area contributed by atoms with Crippen LogP contribution in [0.2, 0.25) is 0 Å². The molecule has 0 aliphatic carbocycles. The highest BCUT2D eigenvalue weighted by Crippen LogP contribution is 2.21. The van der Waals surface area contributed by atoms with Crippen molar-refractivity contribution < 1.29 is 4.92 Å². The Balaban J connectivity index is 1.88. The van der Waals surface area contributed by atoms with Crippen molar-refractivity contribution in [3.63, 3.8) is 0 Å². The number of aromatic nitrogens is 2. The van der Waals surface area contributed by atoms with Gasteiger partial charge in [0.2, 0.25) is 0 Å². The molecule has 0 saturated heterocycles. The molecule has 19 heavy (non-hydrogen) atoms. The van der Waals surface area contributed by atoms with Gasteiger partial charge in [0, 0.05) is 43.3 Å². The molecule has 2 aromatic rings. The van der Waals surface area contributed by atoms with Gasteiger partial charge in [-0.25, -0.2) is 0 Å². The van der Waals surface area contributed by atoms with Crippen LogP contribution < -0.4 is 5.32 Å². The first kappa shape index (κ1) is 13.1. The van der Waals surface area contributed by atoms with Gasteiger partial charge in [0.25, 0.3) is 5.69 Å². The highest BCUT2D eigenvalue weighted by Gasteiger charge is 2.07. The minimum absolute atomic E-state index is 0.111. The normalized spacial score (nSPS) is 10.4. The fourth-order valence-corrected chi connectivity index (χ4v) is 1.81. The van der Waals surface area contributed by atoms with Gasteiger partial charge in [-0.05, 0) is 25.0 Å². The highest BCUT2D eigenvalue weighted by atomic mass is 16.6. The summed E-state index contributed by atoms with van der Waals surface area (Å²) in [6.45, 7) is 3.51. The van der Waals surface area contributed by atoms with E-state index in [1.807, 2.05) is 23.9 Å². The number of non-ortho nitro benzene ring substituents is 1. The number of nitrogens with zero attached hydrogens (tertiary/aromatic N) is 3. The van der Waals surface area contributed by atoms with Gasteiger partial charge in [0.15, 0.2) is 0 Å². The van der Waals surface area contributed by atoms with Crippen molar-refractivity contribution in [2.24, 2.45) is 0 Å². The van der Waals surface area contributed by atoms with Gasteiger partial charge >= 0.3 is 0 Å². The average molecular weight is 260 g/mol. The predicted octanol–water partition coefficient (Wildman–Crippen LogP) is 2.60. The monoisotopic (exact) mass is 260 g/mol. The van der Waals surface area contributed by atoms with E-state index in [1.165, 1.54) is 6.07 Å². The third-order valence-corrected chi connectivity index (χ3v) is 2.87. The SMILES string of the molecule is Cc1ccc([N+](=O)[O-])cc1NCCCn1cccn1. The Morgan fingerprint density at radius 3 is 3.00 bits per heavy atom. The van der Waals surface area contributed by atoms with Gasteiger partial charge in [-0.3, -0.25) is 14.8 Å². The van der Waals surface area contributed by atoms with Crippen molar-refractivity contribution in [3.8, 4) is 0 Å². The predicted molar refractivity (Wildman–Crippen MR) is 73.2 cm³/mol. The van der Waals surface area contributed by atoms with E-state index >= 15 is 0 Å². The second-order valence-corrected chi connectivity index (χ2v) is 4.31. The van der Waals surface area contributed by atoms with Gasteiger partial charge in [0.05, 0.1) is 4.92 Å². The number of anilines is 1. The molecule has 0 spiro atoms. The lowest BCUT2D eigenvalue weighted by molar-refractivity contribution is -0.384. The summed E-state index contributed by atoms with van der Waals surface area (Å²) in [6, 6.07) is 6.74. The lowest BCUT2D eigenvalue weighted by atomic mass is 10.2. The molecule has 0 bridgehead atoms. The van der Waals surface area contributed by atoms with Crippen LogP contribution in [0.4, 0.5) is 11.4 Å². The number of nitrogens with one attached hydrogen (secondary N) is 1. The molecular weight excluding hydrogens is 244 g/mol. The number of rotatable bonds is 6. The Kier molecular flexibility index (Phi) is 4.12. The lowest BCUT2D eigenvalue weighted by Crippen LogP contribution is -2.08. The van der Waals surface area contributed by atoms with E-state index < -0.39 is 0 Å². The highest BCUT2D eigenvalue weighted by molar-refractivity contribution is 5.56. The Hall–Kier alpha value is -2.37. The summed E-state index contributed by atoms with van der Waals surface area (Å²) in [7, 11) is 0. The molecular formula is C13H16N4O2. The van der Waals surface area contributed by atoms with E-state index in [2.05, 4.69) is 10.4 Å². The minimum atomic E-state index is -0.381. The summed E-state index contributed by atoms with van der Waals surface area (Å²) in [4.78, 5) is 10.3. The van der Waals surface area contributed by atoms with Crippen molar-refractivity contribution in [1.82, 2.24) is 9.78 Å². The molecule has 0 radical (unpaired) electrons. The third kappa shape index (κ3) is 3.54. The van der Waals surface area contributed by atoms with E-state index in [-0.39, 0.29) is 10.6 Å². The van der Waals surface area contributed by atoms with Crippen molar-refractivity contribution >= 4 is 11.4 Å². The maximum atomic E-state index is 10.7. The fourth-order valence-electron chi connectivity index (χ4n) is 1.81.